The Hall–Kier alpha value is -0.270. The molecule has 1 aliphatic heterocycles. The molecule has 0 bridgehead atoms. The van der Waals surface area contributed by atoms with Crippen LogP contribution in [0.5, 0.6) is 0 Å². The van der Waals surface area contributed by atoms with Crippen LogP contribution in [-0.4, -0.2) is 58.0 Å². The van der Waals surface area contributed by atoms with Crippen molar-refractivity contribution < 1.29 is 24.8 Å². The molecule has 0 aromatic rings. The monoisotopic (exact) mass is 446 g/mol. The minimum atomic E-state index is -1.10. The second-order valence-electron chi connectivity index (χ2n) is 8.77. The molecule has 4 atom stereocenters. The van der Waals surface area contributed by atoms with Gasteiger partial charge in [-0.25, -0.2) is 0 Å². The third-order valence-electron chi connectivity index (χ3n) is 6.00. The largest absolute Gasteiger partial charge is 0.479 e. The molecule has 1 rings (SSSR count). The second-order valence-corrected chi connectivity index (χ2v) is 9.22. The summed E-state index contributed by atoms with van der Waals surface area (Å²) in [7, 11) is 0. The number of thiocarbonyl (C=S) groups is 1. The van der Waals surface area contributed by atoms with Crippen molar-refractivity contribution in [3.05, 3.63) is 0 Å². The predicted molar refractivity (Wildman–Crippen MR) is 126 cm³/mol. The Labute approximate surface area is 189 Å². The van der Waals surface area contributed by atoms with Crippen LogP contribution < -0.4 is 0 Å². The fourth-order valence-corrected chi connectivity index (χ4v) is 4.30. The first kappa shape index (κ1) is 27.8. The molecule has 0 aromatic heterocycles. The maximum absolute atomic E-state index is 10.1. The predicted octanol–water partition coefficient (Wildman–Crippen LogP) is 5.07. The normalized spacial score (nSPS) is 22.3. The van der Waals surface area contributed by atoms with Crippen molar-refractivity contribution in [2.75, 3.05) is 13.2 Å². The van der Waals surface area contributed by atoms with E-state index in [9.17, 15) is 10.2 Å². The van der Waals surface area contributed by atoms with E-state index in [4.69, 9.17) is 26.8 Å². The standard InChI is InChI=1S/C24H46O5S/c1-2-3-4-5-6-7-8-9-10-11-12-13-14-15-16-17-22(30)29-21-19-28-24(23(21)27)20(26)18-25/h20-21,23-27H,2-19H2,1H3/t20-,21+,23+,24+/m0/s1. The quantitative estimate of drug-likeness (QED) is 0.190. The molecule has 178 valence electrons. The van der Waals surface area contributed by atoms with Crippen LogP contribution in [0.2, 0.25) is 0 Å². The van der Waals surface area contributed by atoms with Gasteiger partial charge in [-0.2, -0.15) is 0 Å². The Morgan fingerprint density at radius 3 is 1.83 bits per heavy atom. The van der Waals surface area contributed by atoms with E-state index in [-0.39, 0.29) is 6.61 Å². The zero-order valence-electron chi connectivity index (χ0n) is 19.1. The van der Waals surface area contributed by atoms with E-state index in [1.54, 1.807) is 0 Å². The molecule has 1 fully saturated rings. The molecule has 0 unspecified atom stereocenters. The van der Waals surface area contributed by atoms with Crippen molar-refractivity contribution in [1.82, 2.24) is 0 Å². The van der Waals surface area contributed by atoms with Crippen molar-refractivity contribution in [3.8, 4) is 0 Å². The second kappa shape index (κ2) is 18.3. The van der Waals surface area contributed by atoms with Crippen molar-refractivity contribution >= 4 is 17.3 Å². The topological polar surface area (TPSA) is 79.2 Å². The first-order valence-corrected chi connectivity index (χ1v) is 12.8. The number of unbranched alkanes of at least 4 members (excludes halogenated alkanes) is 14. The summed E-state index contributed by atoms with van der Waals surface area (Å²) < 4.78 is 10.9. The Morgan fingerprint density at radius 1 is 0.900 bits per heavy atom. The summed E-state index contributed by atoms with van der Waals surface area (Å²) in [5, 5.41) is 29.2. The van der Waals surface area contributed by atoms with Gasteiger partial charge >= 0.3 is 0 Å². The molecule has 30 heavy (non-hydrogen) atoms. The van der Waals surface area contributed by atoms with E-state index in [0.29, 0.717) is 11.5 Å². The van der Waals surface area contributed by atoms with Gasteiger partial charge in [0.25, 0.3) is 0 Å². The maximum Gasteiger partial charge on any atom is 0.160 e. The average molecular weight is 447 g/mol. The third kappa shape index (κ3) is 12.6. The lowest BCUT2D eigenvalue weighted by Crippen LogP contribution is -2.41. The zero-order chi connectivity index (χ0) is 22.0. The summed E-state index contributed by atoms with van der Waals surface area (Å²) in [5.74, 6) is 0. The van der Waals surface area contributed by atoms with Gasteiger partial charge in [0.05, 0.1) is 13.2 Å². The summed E-state index contributed by atoms with van der Waals surface area (Å²) in [6, 6.07) is 0. The molecule has 5 nitrogen and oxygen atoms in total. The van der Waals surface area contributed by atoms with E-state index >= 15 is 0 Å². The fraction of sp³-hybridized carbons (Fsp3) is 0.958. The molecule has 0 amide bonds. The van der Waals surface area contributed by atoms with Crippen LogP contribution in [0.3, 0.4) is 0 Å². The van der Waals surface area contributed by atoms with E-state index in [2.05, 4.69) is 6.92 Å². The van der Waals surface area contributed by atoms with Crippen LogP contribution in [0.1, 0.15) is 110 Å². The minimum Gasteiger partial charge on any atom is -0.479 e. The Bertz CT molecular complexity index is 420. The summed E-state index contributed by atoms with van der Waals surface area (Å²) in [5.41, 5.74) is 0. The summed E-state index contributed by atoms with van der Waals surface area (Å²) in [4.78, 5) is 0. The first-order chi connectivity index (χ1) is 14.6. The molecule has 0 spiro atoms. The van der Waals surface area contributed by atoms with Gasteiger partial charge in [-0.1, -0.05) is 96.8 Å². The van der Waals surface area contributed by atoms with Crippen LogP contribution >= 0.6 is 12.2 Å². The summed E-state index contributed by atoms with van der Waals surface area (Å²) in [6.45, 7) is 2.01. The smallest absolute Gasteiger partial charge is 0.160 e. The van der Waals surface area contributed by atoms with Crippen molar-refractivity contribution in [3.63, 3.8) is 0 Å². The number of rotatable bonds is 19. The van der Waals surface area contributed by atoms with Crippen LogP contribution in [0.4, 0.5) is 0 Å². The maximum atomic E-state index is 10.1. The lowest BCUT2D eigenvalue weighted by molar-refractivity contribution is -0.0679. The molecule has 0 aromatic carbocycles. The Morgan fingerprint density at radius 2 is 1.37 bits per heavy atom. The molecular formula is C24H46O5S. The summed E-state index contributed by atoms with van der Waals surface area (Å²) >= 11 is 5.28. The Kier molecular flexibility index (Phi) is 17.0. The molecule has 6 heteroatoms. The van der Waals surface area contributed by atoms with Crippen molar-refractivity contribution in [2.24, 2.45) is 0 Å². The highest BCUT2D eigenvalue weighted by molar-refractivity contribution is 7.80. The van der Waals surface area contributed by atoms with E-state index in [1.165, 1.54) is 83.5 Å². The van der Waals surface area contributed by atoms with Crippen LogP contribution in [0.25, 0.3) is 0 Å². The van der Waals surface area contributed by atoms with Gasteiger partial charge in [0.15, 0.2) is 11.2 Å². The lowest BCUT2D eigenvalue weighted by Gasteiger charge is -2.21. The summed E-state index contributed by atoms with van der Waals surface area (Å²) in [6.07, 6.45) is 17.2. The third-order valence-corrected chi connectivity index (χ3v) is 6.30. The fourth-order valence-electron chi connectivity index (χ4n) is 4.03. The average Bonchev–Trinajstić information content (AvgIpc) is 3.10. The molecule has 1 saturated heterocycles. The van der Waals surface area contributed by atoms with Gasteiger partial charge in [-0.3, -0.25) is 0 Å². The number of ether oxygens (including phenoxy) is 2. The molecule has 1 heterocycles. The van der Waals surface area contributed by atoms with Crippen molar-refractivity contribution in [1.29, 1.82) is 0 Å². The highest BCUT2D eigenvalue weighted by Gasteiger charge is 2.41. The van der Waals surface area contributed by atoms with Gasteiger partial charge in [0.2, 0.25) is 0 Å². The molecule has 3 N–H and O–H groups in total. The van der Waals surface area contributed by atoms with Gasteiger partial charge in [0, 0.05) is 6.42 Å². The first-order valence-electron chi connectivity index (χ1n) is 12.4. The number of aliphatic hydroxyl groups excluding tert-OH is 3. The zero-order valence-corrected chi connectivity index (χ0v) is 19.9. The molecule has 0 saturated carbocycles. The van der Waals surface area contributed by atoms with Crippen LogP contribution in [0, 0.1) is 0 Å². The van der Waals surface area contributed by atoms with E-state index < -0.39 is 31.0 Å². The van der Waals surface area contributed by atoms with E-state index in [1.807, 2.05) is 0 Å². The van der Waals surface area contributed by atoms with E-state index in [0.717, 1.165) is 12.8 Å². The van der Waals surface area contributed by atoms with Gasteiger partial charge in [-0.15, -0.1) is 0 Å². The van der Waals surface area contributed by atoms with Gasteiger partial charge in [-0.05, 0) is 18.6 Å². The molecule has 0 aliphatic carbocycles. The van der Waals surface area contributed by atoms with Crippen LogP contribution in [0.15, 0.2) is 0 Å². The Balaban J connectivity index is 1.87. The highest BCUT2D eigenvalue weighted by Crippen LogP contribution is 2.21. The number of hydrogen-bond acceptors (Lipinski definition) is 6. The molecular weight excluding hydrogens is 400 g/mol. The molecule has 1 aliphatic rings. The SMILES string of the molecule is CCCCCCCCCCCCCCCCCC(=S)O[C@@H]1CO[C@H]([C@@H](O)CO)[C@@H]1O. The lowest BCUT2D eigenvalue weighted by atomic mass is 10.0. The molecule has 0 radical (unpaired) electrons. The van der Waals surface area contributed by atoms with Crippen LogP contribution in [-0.2, 0) is 9.47 Å². The van der Waals surface area contributed by atoms with Crippen molar-refractivity contribution in [2.45, 2.75) is 134 Å². The minimum absolute atomic E-state index is 0.182. The van der Waals surface area contributed by atoms with Gasteiger partial charge in [0.1, 0.15) is 18.3 Å². The number of aliphatic hydroxyl groups is 3. The number of hydrogen-bond donors (Lipinski definition) is 3. The highest BCUT2D eigenvalue weighted by atomic mass is 32.1. The van der Waals surface area contributed by atoms with Gasteiger partial charge < -0.3 is 24.8 Å².